The first kappa shape index (κ1) is 13.7. The molecule has 0 saturated carbocycles. The lowest BCUT2D eigenvalue weighted by atomic mass is 9.95. The van der Waals surface area contributed by atoms with E-state index in [1.165, 1.54) is 6.07 Å². The smallest absolute Gasteiger partial charge is 0.178 e. The molecule has 0 saturated heterocycles. The average molecular weight is 331 g/mol. The van der Waals surface area contributed by atoms with Gasteiger partial charge in [0, 0.05) is 11.6 Å². The van der Waals surface area contributed by atoms with Crippen molar-refractivity contribution < 1.29 is 4.39 Å². The van der Waals surface area contributed by atoms with Crippen LogP contribution in [0.15, 0.2) is 16.6 Å². The third-order valence-corrected chi connectivity index (χ3v) is 4.68. The van der Waals surface area contributed by atoms with Gasteiger partial charge < -0.3 is 9.55 Å². The molecule has 0 spiro atoms. The minimum absolute atomic E-state index is 0.0490. The fraction of sp³-hybridized carbons (Fsp3) is 0.462. The minimum Gasteiger partial charge on any atom is -0.330 e. The molecule has 18 heavy (non-hydrogen) atoms. The van der Waals surface area contributed by atoms with Crippen molar-refractivity contribution in [3.63, 3.8) is 0 Å². The molecule has 2 nitrogen and oxygen atoms in total. The molecule has 1 aromatic carbocycles. The Labute approximate surface area is 119 Å². The molecule has 0 unspecified atom stereocenters. The Hall–Kier alpha value is -0.680. The van der Waals surface area contributed by atoms with Gasteiger partial charge in [-0.3, -0.25) is 0 Å². The second-order valence-electron chi connectivity index (χ2n) is 4.75. The summed E-state index contributed by atoms with van der Waals surface area (Å²) in [5, 5.41) is 0. The summed E-state index contributed by atoms with van der Waals surface area (Å²) >= 11 is 8.62. The van der Waals surface area contributed by atoms with Gasteiger partial charge in [0.05, 0.1) is 15.5 Å². The molecule has 0 amide bonds. The van der Waals surface area contributed by atoms with Crippen LogP contribution < -0.4 is 0 Å². The maximum Gasteiger partial charge on any atom is 0.178 e. The van der Waals surface area contributed by atoms with Gasteiger partial charge in [-0.25, -0.2) is 4.39 Å². The van der Waals surface area contributed by atoms with Gasteiger partial charge in [0.2, 0.25) is 0 Å². The number of nitrogens with zero attached hydrogens (tertiary/aromatic N) is 1. The van der Waals surface area contributed by atoms with Crippen molar-refractivity contribution in [2.75, 3.05) is 0 Å². The molecule has 0 atom stereocenters. The van der Waals surface area contributed by atoms with Gasteiger partial charge in [0.15, 0.2) is 4.77 Å². The lowest BCUT2D eigenvalue weighted by molar-refractivity contribution is 0.299. The van der Waals surface area contributed by atoms with E-state index < -0.39 is 0 Å². The number of aromatic amines is 1. The van der Waals surface area contributed by atoms with Gasteiger partial charge in [-0.05, 0) is 54.0 Å². The monoisotopic (exact) mass is 330 g/mol. The number of hydrogen-bond donors (Lipinski definition) is 1. The molecule has 0 aliphatic carbocycles. The topological polar surface area (TPSA) is 20.7 Å². The van der Waals surface area contributed by atoms with Gasteiger partial charge in [-0.2, -0.15) is 0 Å². The number of hydrogen-bond acceptors (Lipinski definition) is 1. The Bertz CT molecular complexity index is 640. The van der Waals surface area contributed by atoms with Crippen LogP contribution in [0.1, 0.15) is 33.6 Å². The standard InChI is InChI=1S/C13H16BrFN2S/c1-4-13(3,5-2)17-11-6-8(14)9(15)7-10(11)16-12(17)18/h6-7H,4-5H2,1-3H3,(H,16,18). The van der Waals surface area contributed by atoms with Crippen molar-refractivity contribution in [1.82, 2.24) is 9.55 Å². The molecule has 5 heteroatoms. The zero-order chi connectivity index (χ0) is 13.5. The van der Waals surface area contributed by atoms with Crippen molar-refractivity contribution in [2.45, 2.75) is 39.2 Å². The third kappa shape index (κ3) is 2.03. The van der Waals surface area contributed by atoms with Crippen LogP contribution in [-0.2, 0) is 5.54 Å². The van der Waals surface area contributed by atoms with E-state index in [0.717, 1.165) is 23.9 Å². The first-order valence-corrected chi connectivity index (χ1v) is 7.23. The Balaban J connectivity index is 2.83. The van der Waals surface area contributed by atoms with Gasteiger partial charge in [-0.1, -0.05) is 13.8 Å². The number of H-pyrrole nitrogens is 1. The normalized spacial score (nSPS) is 12.3. The first-order chi connectivity index (χ1) is 8.42. The lowest BCUT2D eigenvalue weighted by Gasteiger charge is -2.29. The van der Waals surface area contributed by atoms with Crippen LogP contribution in [0.3, 0.4) is 0 Å². The highest BCUT2D eigenvalue weighted by molar-refractivity contribution is 9.10. The zero-order valence-corrected chi connectivity index (χ0v) is 13.1. The van der Waals surface area contributed by atoms with Gasteiger partial charge in [0.1, 0.15) is 5.82 Å². The molecule has 1 heterocycles. The number of halogens is 2. The summed E-state index contributed by atoms with van der Waals surface area (Å²) < 4.78 is 16.8. The van der Waals surface area contributed by atoms with Crippen LogP contribution in [0.2, 0.25) is 0 Å². The molecule has 0 radical (unpaired) electrons. The average Bonchev–Trinajstić information content (AvgIpc) is 2.65. The number of rotatable bonds is 3. The summed E-state index contributed by atoms with van der Waals surface area (Å²) in [7, 11) is 0. The molecular formula is C13H16BrFN2S. The fourth-order valence-electron chi connectivity index (χ4n) is 2.20. The number of benzene rings is 1. The Morgan fingerprint density at radius 2 is 2.00 bits per heavy atom. The first-order valence-electron chi connectivity index (χ1n) is 6.03. The summed E-state index contributed by atoms with van der Waals surface area (Å²) in [5.41, 5.74) is 1.64. The highest BCUT2D eigenvalue weighted by Crippen LogP contribution is 2.31. The molecule has 0 aliphatic rings. The van der Waals surface area contributed by atoms with Crippen LogP contribution in [0.4, 0.5) is 4.39 Å². The summed E-state index contributed by atoms with van der Waals surface area (Å²) in [5.74, 6) is -0.277. The molecule has 1 aromatic heterocycles. The van der Waals surface area contributed by atoms with E-state index in [0.29, 0.717) is 9.24 Å². The van der Waals surface area contributed by atoms with Gasteiger partial charge >= 0.3 is 0 Å². The molecule has 0 fully saturated rings. The van der Waals surface area contributed by atoms with Crippen molar-refractivity contribution in [1.29, 1.82) is 0 Å². The highest BCUT2D eigenvalue weighted by Gasteiger charge is 2.25. The Kier molecular flexibility index (Phi) is 3.65. The minimum atomic E-state index is -0.277. The molecule has 98 valence electrons. The van der Waals surface area contributed by atoms with E-state index in [4.69, 9.17) is 12.2 Å². The lowest BCUT2D eigenvalue weighted by Crippen LogP contribution is -2.28. The molecule has 0 aliphatic heterocycles. The molecule has 2 aromatic rings. The summed E-state index contributed by atoms with van der Waals surface area (Å²) in [6, 6.07) is 3.28. The SMILES string of the molecule is CCC(C)(CC)n1c(=S)[nH]c2cc(F)c(Br)cc21. The van der Waals surface area contributed by atoms with E-state index in [1.54, 1.807) is 6.07 Å². The van der Waals surface area contributed by atoms with Crippen LogP contribution >= 0.6 is 28.1 Å². The van der Waals surface area contributed by atoms with E-state index in [9.17, 15) is 4.39 Å². The second kappa shape index (κ2) is 4.78. The van der Waals surface area contributed by atoms with Crippen LogP contribution in [-0.4, -0.2) is 9.55 Å². The maximum absolute atomic E-state index is 13.5. The molecule has 1 N–H and O–H groups in total. The number of nitrogens with one attached hydrogen (secondary N) is 1. The van der Waals surface area contributed by atoms with Gasteiger partial charge in [0.25, 0.3) is 0 Å². The molecule has 2 rings (SSSR count). The largest absolute Gasteiger partial charge is 0.330 e. The summed E-state index contributed by atoms with van der Waals surface area (Å²) in [6.07, 6.45) is 1.94. The second-order valence-corrected chi connectivity index (χ2v) is 5.99. The van der Waals surface area contributed by atoms with Crippen LogP contribution in [0.5, 0.6) is 0 Å². The molecule has 0 bridgehead atoms. The van der Waals surface area contributed by atoms with Crippen molar-refractivity contribution in [3.8, 4) is 0 Å². The number of aromatic nitrogens is 2. The quantitative estimate of drug-likeness (QED) is 0.773. The van der Waals surface area contributed by atoms with Crippen LogP contribution in [0.25, 0.3) is 11.0 Å². The van der Waals surface area contributed by atoms with Crippen molar-refractivity contribution >= 4 is 39.2 Å². The predicted molar refractivity (Wildman–Crippen MR) is 79.0 cm³/mol. The van der Waals surface area contributed by atoms with E-state index in [1.807, 2.05) is 0 Å². The van der Waals surface area contributed by atoms with Crippen molar-refractivity contribution in [2.24, 2.45) is 0 Å². The van der Waals surface area contributed by atoms with E-state index in [2.05, 4.69) is 46.3 Å². The number of imidazole rings is 1. The Morgan fingerprint density at radius 1 is 1.39 bits per heavy atom. The van der Waals surface area contributed by atoms with E-state index >= 15 is 0 Å². The molecular weight excluding hydrogens is 315 g/mol. The summed E-state index contributed by atoms with van der Waals surface area (Å²) in [4.78, 5) is 3.09. The maximum atomic E-state index is 13.5. The van der Waals surface area contributed by atoms with Crippen molar-refractivity contribution in [3.05, 3.63) is 27.2 Å². The van der Waals surface area contributed by atoms with Gasteiger partial charge in [-0.15, -0.1) is 0 Å². The fourth-order valence-corrected chi connectivity index (χ4v) is 2.96. The zero-order valence-electron chi connectivity index (χ0n) is 10.7. The Morgan fingerprint density at radius 3 is 2.56 bits per heavy atom. The highest BCUT2D eigenvalue weighted by atomic mass is 79.9. The van der Waals surface area contributed by atoms with E-state index in [-0.39, 0.29) is 11.4 Å². The summed E-state index contributed by atoms with van der Waals surface area (Å²) in [6.45, 7) is 6.46. The predicted octanol–water partition coefficient (Wildman–Crippen LogP) is 5.14. The third-order valence-electron chi connectivity index (χ3n) is 3.79. The number of fused-ring (bicyclic) bond motifs is 1. The van der Waals surface area contributed by atoms with Crippen LogP contribution in [0, 0.1) is 10.6 Å².